The molecule has 0 aliphatic heterocycles. The van der Waals surface area contributed by atoms with Gasteiger partial charge < -0.3 is 5.73 Å². The molecular formula is C12H27NS. The van der Waals surface area contributed by atoms with Gasteiger partial charge >= 0.3 is 0 Å². The summed E-state index contributed by atoms with van der Waals surface area (Å²) >= 11 is 2.12. The predicted molar refractivity (Wildman–Crippen MR) is 68.9 cm³/mol. The number of hydrogen-bond donors (Lipinski definition) is 1. The molecule has 0 aromatic heterocycles. The number of nitrogens with two attached hydrogens (primary N) is 1. The van der Waals surface area contributed by atoms with Crippen molar-refractivity contribution < 1.29 is 0 Å². The maximum Gasteiger partial charge on any atom is 0.0284 e. The van der Waals surface area contributed by atoms with Crippen LogP contribution < -0.4 is 5.73 Å². The maximum absolute atomic E-state index is 5.96. The summed E-state index contributed by atoms with van der Waals surface area (Å²) in [7, 11) is 0. The molecule has 0 bridgehead atoms. The van der Waals surface area contributed by atoms with Gasteiger partial charge in [0.1, 0.15) is 0 Å². The summed E-state index contributed by atoms with van der Waals surface area (Å²) in [4.78, 5) is 0. The predicted octanol–water partition coefficient (Wildman–Crippen LogP) is 3.82. The maximum atomic E-state index is 5.96. The highest BCUT2D eigenvalue weighted by molar-refractivity contribution is 8.01. The lowest BCUT2D eigenvalue weighted by Crippen LogP contribution is -2.35. The van der Waals surface area contributed by atoms with Crippen LogP contribution in [0.2, 0.25) is 0 Å². The molecule has 0 spiro atoms. The molecule has 0 rings (SSSR count). The van der Waals surface area contributed by atoms with Gasteiger partial charge in [0.25, 0.3) is 0 Å². The van der Waals surface area contributed by atoms with E-state index in [1.807, 2.05) is 0 Å². The van der Waals surface area contributed by atoms with Crippen molar-refractivity contribution in [3.63, 3.8) is 0 Å². The molecule has 0 aliphatic rings. The molecular weight excluding hydrogens is 190 g/mol. The lowest BCUT2D eigenvalue weighted by atomic mass is 9.97. The smallest absolute Gasteiger partial charge is 0.0284 e. The van der Waals surface area contributed by atoms with E-state index in [2.05, 4.69) is 39.5 Å². The fraction of sp³-hybridized carbons (Fsp3) is 1.00. The Morgan fingerprint density at radius 3 is 1.93 bits per heavy atom. The largest absolute Gasteiger partial charge is 0.329 e. The summed E-state index contributed by atoms with van der Waals surface area (Å²) in [5.41, 5.74) is 5.96. The summed E-state index contributed by atoms with van der Waals surface area (Å²) in [6.45, 7) is 9.94. The molecule has 2 heteroatoms. The SMILES string of the molecule is CCCC(CN)(CCC)SC(C)CC. The van der Waals surface area contributed by atoms with Gasteiger partial charge in [0.2, 0.25) is 0 Å². The Morgan fingerprint density at radius 1 is 1.14 bits per heavy atom. The minimum atomic E-state index is 0.360. The third-order valence-corrected chi connectivity index (χ3v) is 4.62. The van der Waals surface area contributed by atoms with Crippen molar-refractivity contribution in [2.75, 3.05) is 6.54 Å². The summed E-state index contributed by atoms with van der Waals surface area (Å²) < 4.78 is 0.360. The van der Waals surface area contributed by atoms with Crippen molar-refractivity contribution in [2.45, 2.75) is 69.8 Å². The van der Waals surface area contributed by atoms with E-state index in [9.17, 15) is 0 Å². The molecule has 1 nitrogen and oxygen atoms in total. The van der Waals surface area contributed by atoms with Gasteiger partial charge in [-0.15, -0.1) is 0 Å². The molecule has 1 unspecified atom stereocenters. The van der Waals surface area contributed by atoms with Gasteiger partial charge in [-0.05, 0) is 19.3 Å². The second-order valence-electron chi connectivity index (χ2n) is 4.22. The normalized spacial score (nSPS) is 14.4. The first-order valence-corrected chi connectivity index (χ1v) is 6.90. The van der Waals surface area contributed by atoms with Gasteiger partial charge in [-0.25, -0.2) is 0 Å². The van der Waals surface area contributed by atoms with Crippen molar-refractivity contribution in [3.8, 4) is 0 Å². The molecule has 86 valence electrons. The highest BCUT2D eigenvalue weighted by Crippen LogP contribution is 2.37. The van der Waals surface area contributed by atoms with Crippen molar-refractivity contribution in [2.24, 2.45) is 5.73 Å². The summed E-state index contributed by atoms with van der Waals surface area (Å²) in [5, 5.41) is 0.747. The third kappa shape index (κ3) is 4.70. The van der Waals surface area contributed by atoms with Crippen LogP contribution in [0.25, 0.3) is 0 Å². The molecule has 2 N–H and O–H groups in total. The van der Waals surface area contributed by atoms with Crippen LogP contribution >= 0.6 is 11.8 Å². The van der Waals surface area contributed by atoms with E-state index >= 15 is 0 Å². The van der Waals surface area contributed by atoms with Gasteiger partial charge in [0, 0.05) is 16.5 Å². The number of hydrogen-bond acceptors (Lipinski definition) is 2. The molecule has 0 aromatic carbocycles. The topological polar surface area (TPSA) is 26.0 Å². The highest BCUT2D eigenvalue weighted by atomic mass is 32.2. The van der Waals surface area contributed by atoms with E-state index in [1.54, 1.807) is 0 Å². The fourth-order valence-electron chi connectivity index (χ4n) is 1.92. The first-order chi connectivity index (χ1) is 6.64. The van der Waals surface area contributed by atoms with Crippen molar-refractivity contribution in [3.05, 3.63) is 0 Å². The monoisotopic (exact) mass is 217 g/mol. The molecule has 0 amide bonds. The molecule has 0 heterocycles. The standard InChI is InChI=1S/C12H27NS/c1-5-8-12(10-13,9-6-2)14-11(4)7-3/h11H,5-10,13H2,1-4H3. The highest BCUT2D eigenvalue weighted by Gasteiger charge is 2.28. The van der Waals surface area contributed by atoms with E-state index in [1.165, 1.54) is 32.1 Å². The quantitative estimate of drug-likeness (QED) is 0.669. The van der Waals surface area contributed by atoms with Gasteiger partial charge in [-0.2, -0.15) is 11.8 Å². The molecule has 0 radical (unpaired) electrons. The minimum Gasteiger partial charge on any atom is -0.329 e. The van der Waals surface area contributed by atoms with Crippen LogP contribution in [0.3, 0.4) is 0 Å². The van der Waals surface area contributed by atoms with Crippen molar-refractivity contribution >= 4 is 11.8 Å². The van der Waals surface area contributed by atoms with E-state index in [0.717, 1.165) is 11.8 Å². The van der Waals surface area contributed by atoms with Gasteiger partial charge in [-0.3, -0.25) is 0 Å². The molecule has 1 atom stereocenters. The zero-order valence-corrected chi connectivity index (χ0v) is 11.1. The van der Waals surface area contributed by atoms with Gasteiger partial charge in [0.05, 0.1) is 0 Å². The third-order valence-electron chi connectivity index (χ3n) is 2.81. The van der Waals surface area contributed by atoms with Gasteiger partial charge in [-0.1, -0.05) is 40.5 Å². The Balaban J connectivity index is 4.31. The zero-order chi connectivity index (χ0) is 11.0. The average Bonchev–Trinajstić information content (AvgIpc) is 2.18. The summed E-state index contributed by atoms with van der Waals surface area (Å²) in [5.74, 6) is 0. The Morgan fingerprint density at radius 2 is 1.64 bits per heavy atom. The first-order valence-electron chi connectivity index (χ1n) is 6.02. The molecule has 0 fully saturated rings. The Kier molecular flexibility index (Phi) is 7.75. The Hall–Kier alpha value is 0.310. The molecule has 0 aromatic rings. The number of rotatable bonds is 8. The van der Waals surface area contributed by atoms with Crippen molar-refractivity contribution in [1.29, 1.82) is 0 Å². The van der Waals surface area contributed by atoms with Crippen LogP contribution in [0.1, 0.15) is 59.8 Å². The van der Waals surface area contributed by atoms with Crippen LogP contribution in [0.5, 0.6) is 0 Å². The van der Waals surface area contributed by atoms with Crippen LogP contribution in [-0.2, 0) is 0 Å². The lowest BCUT2D eigenvalue weighted by molar-refractivity contribution is 0.495. The first kappa shape index (κ1) is 14.3. The van der Waals surface area contributed by atoms with E-state index in [4.69, 9.17) is 5.73 Å². The Bertz CT molecular complexity index is 130. The van der Waals surface area contributed by atoms with Crippen LogP contribution in [-0.4, -0.2) is 16.5 Å². The zero-order valence-electron chi connectivity index (χ0n) is 10.3. The average molecular weight is 217 g/mol. The second kappa shape index (κ2) is 7.58. The van der Waals surface area contributed by atoms with Crippen LogP contribution in [0, 0.1) is 0 Å². The van der Waals surface area contributed by atoms with Gasteiger partial charge in [0.15, 0.2) is 0 Å². The van der Waals surface area contributed by atoms with Crippen LogP contribution in [0.15, 0.2) is 0 Å². The summed E-state index contributed by atoms with van der Waals surface area (Å²) in [6, 6.07) is 0. The lowest BCUT2D eigenvalue weighted by Gasteiger charge is -2.34. The minimum absolute atomic E-state index is 0.360. The fourth-order valence-corrected chi connectivity index (χ4v) is 3.68. The summed E-state index contributed by atoms with van der Waals surface area (Å²) in [6.07, 6.45) is 6.29. The molecule has 0 saturated carbocycles. The molecule has 0 saturated heterocycles. The van der Waals surface area contributed by atoms with Crippen molar-refractivity contribution in [1.82, 2.24) is 0 Å². The van der Waals surface area contributed by atoms with E-state index in [-0.39, 0.29) is 0 Å². The Labute approximate surface area is 94.2 Å². The number of thioether (sulfide) groups is 1. The molecule has 14 heavy (non-hydrogen) atoms. The molecule has 0 aliphatic carbocycles. The second-order valence-corrected chi connectivity index (χ2v) is 6.13. The van der Waals surface area contributed by atoms with Crippen LogP contribution in [0.4, 0.5) is 0 Å². The van der Waals surface area contributed by atoms with E-state index < -0.39 is 0 Å². The van der Waals surface area contributed by atoms with E-state index in [0.29, 0.717) is 4.75 Å².